The largest absolute Gasteiger partial charge is 0.481 e. The first-order valence-corrected chi connectivity index (χ1v) is 4.81. The first-order valence-electron chi connectivity index (χ1n) is 4.81. The Morgan fingerprint density at radius 2 is 1.33 bits per heavy atom. The van der Waals surface area contributed by atoms with Gasteiger partial charge in [-0.15, -0.1) is 0 Å². The summed E-state index contributed by atoms with van der Waals surface area (Å²) in [5, 5.41) is 24.0. The molecule has 6 heteroatoms. The fourth-order valence-electron chi connectivity index (χ4n) is 0.913. The number of rotatable bonds is 4. The van der Waals surface area contributed by atoms with Crippen LogP contribution in [0.2, 0.25) is 0 Å². The predicted molar refractivity (Wildman–Crippen MR) is 62.2 cm³/mol. The Balaban J connectivity index is 0.000000331. The topological polar surface area (TPSA) is 112 Å². The van der Waals surface area contributed by atoms with Gasteiger partial charge in [0.2, 0.25) is 0 Å². The summed E-state index contributed by atoms with van der Waals surface area (Å²) < 4.78 is 0. The van der Waals surface area contributed by atoms with Crippen LogP contribution in [0, 0.1) is 0 Å². The molecule has 0 aliphatic carbocycles. The Morgan fingerprint density at radius 1 is 0.889 bits per heavy atom. The van der Waals surface area contributed by atoms with E-state index in [1.165, 1.54) is 0 Å². The van der Waals surface area contributed by atoms with Crippen molar-refractivity contribution in [1.82, 2.24) is 0 Å². The van der Waals surface area contributed by atoms with Crippen LogP contribution in [0.5, 0.6) is 0 Å². The number of hydrogen-bond acceptors (Lipinski definition) is 3. The van der Waals surface area contributed by atoms with E-state index in [1.807, 2.05) is 18.2 Å². The highest BCUT2D eigenvalue weighted by Crippen LogP contribution is 1.98. The number of carbonyl (C=O) groups is 3. The normalized spacial score (nSPS) is 9.33. The Bertz CT molecular complexity index is 419. The molecular formula is C12H12O6. The maximum Gasteiger partial charge on any atom is 0.328 e. The van der Waals surface area contributed by atoms with Crippen LogP contribution in [-0.4, -0.2) is 33.2 Å². The summed E-state index contributed by atoms with van der Waals surface area (Å²) in [4.78, 5) is 29.3. The number of carboxylic acid groups (broad SMARTS) is 3. The molecular weight excluding hydrogens is 240 g/mol. The van der Waals surface area contributed by atoms with Gasteiger partial charge < -0.3 is 15.3 Å². The van der Waals surface area contributed by atoms with E-state index >= 15 is 0 Å². The average Bonchev–Trinajstić information content (AvgIpc) is 2.28. The molecule has 0 amide bonds. The number of aliphatic carboxylic acids is 3. The van der Waals surface area contributed by atoms with E-state index in [4.69, 9.17) is 15.3 Å². The van der Waals surface area contributed by atoms with Crippen molar-refractivity contribution in [3.05, 3.63) is 48.0 Å². The fourth-order valence-corrected chi connectivity index (χ4v) is 0.913. The van der Waals surface area contributed by atoms with Crippen molar-refractivity contribution >= 4 is 17.9 Å². The highest BCUT2D eigenvalue weighted by atomic mass is 16.4. The molecule has 0 atom stereocenters. The highest BCUT2D eigenvalue weighted by molar-refractivity contribution is 5.89. The molecule has 1 rings (SSSR count). The van der Waals surface area contributed by atoms with Crippen LogP contribution in [0.25, 0.3) is 0 Å². The van der Waals surface area contributed by atoms with Crippen LogP contribution in [0.4, 0.5) is 0 Å². The zero-order chi connectivity index (χ0) is 14.0. The van der Waals surface area contributed by atoms with Crippen molar-refractivity contribution in [3.8, 4) is 0 Å². The first-order chi connectivity index (χ1) is 8.41. The van der Waals surface area contributed by atoms with Crippen LogP contribution in [-0.2, 0) is 20.8 Å². The van der Waals surface area contributed by atoms with Gasteiger partial charge in [-0.05, 0) is 5.56 Å². The first kappa shape index (κ1) is 15.4. The maximum absolute atomic E-state index is 10.2. The van der Waals surface area contributed by atoms with Gasteiger partial charge in [-0.1, -0.05) is 30.3 Å². The van der Waals surface area contributed by atoms with Gasteiger partial charge in [-0.25, -0.2) is 9.59 Å². The van der Waals surface area contributed by atoms with E-state index < -0.39 is 17.9 Å². The minimum Gasteiger partial charge on any atom is -0.481 e. The monoisotopic (exact) mass is 252 g/mol. The van der Waals surface area contributed by atoms with E-state index in [0.717, 1.165) is 5.56 Å². The van der Waals surface area contributed by atoms with Gasteiger partial charge in [0.15, 0.2) is 0 Å². The minimum atomic E-state index is -1.26. The summed E-state index contributed by atoms with van der Waals surface area (Å²) in [6.45, 7) is 0. The van der Waals surface area contributed by atoms with Crippen LogP contribution in [0.15, 0.2) is 42.5 Å². The zero-order valence-electron chi connectivity index (χ0n) is 9.31. The van der Waals surface area contributed by atoms with E-state index in [9.17, 15) is 14.4 Å². The quantitative estimate of drug-likeness (QED) is 0.690. The molecule has 0 aliphatic rings. The molecule has 0 bridgehead atoms. The molecule has 0 spiro atoms. The highest BCUT2D eigenvalue weighted by Gasteiger charge is 1.96. The fraction of sp³-hybridized carbons (Fsp3) is 0.0833. The van der Waals surface area contributed by atoms with E-state index in [0.29, 0.717) is 12.2 Å². The van der Waals surface area contributed by atoms with Gasteiger partial charge in [0.05, 0.1) is 6.42 Å². The second-order valence-corrected chi connectivity index (χ2v) is 3.07. The van der Waals surface area contributed by atoms with Crippen LogP contribution < -0.4 is 0 Å². The molecule has 1 aromatic rings. The summed E-state index contributed by atoms with van der Waals surface area (Å²) in [7, 11) is 0. The van der Waals surface area contributed by atoms with Crippen LogP contribution >= 0.6 is 0 Å². The van der Waals surface area contributed by atoms with E-state index in [-0.39, 0.29) is 6.42 Å². The Morgan fingerprint density at radius 3 is 1.67 bits per heavy atom. The second-order valence-electron chi connectivity index (χ2n) is 3.07. The molecule has 0 saturated heterocycles. The number of hydrogen-bond donors (Lipinski definition) is 3. The summed E-state index contributed by atoms with van der Waals surface area (Å²) in [5.74, 6) is -3.30. The molecule has 0 aromatic heterocycles. The third-order valence-electron chi connectivity index (χ3n) is 1.57. The van der Waals surface area contributed by atoms with Crippen molar-refractivity contribution in [2.45, 2.75) is 6.42 Å². The lowest BCUT2D eigenvalue weighted by molar-refractivity contribution is -0.136. The maximum atomic E-state index is 10.2. The zero-order valence-corrected chi connectivity index (χ0v) is 9.31. The smallest absolute Gasteiger partial charge is 0.328 e. The standard InChI is InChI=1S/C8H8O2.C4H4O4/c9-8(10)6-7-4-2-1-3-5-7;5-3(6)1-2-4(7)8/h1-5H,6H2,(H,9,10);1-2H,(H,5,6)(H,7,8)/b;2-1-. The average molecular weight is 252 g/mol. The second kappa shape index (κ2) is 8.51. The lowest BCUT2D eigenvalue weighted by Crippen LogP contribution is -1.98. The third kappa shape index (κ3) is 9.91. The third-order valence-corrected chi connectivity index (χ3v) is 1.57. The van der Waals surface area contributed by atoms with Crippen LogP contribution in [0.3, 0.4) is 0 Å². The molecule has 3 N–H and O–H groups in total. The molecule has 0 fully saturated rings. The van der Waals surface area contributed by atoms with Crippen molar-refractivity contribution in [2.75, 3.05) is 0 Å². The number of benzene rings is 1. The Kier molecular flexibility index (Phi) is 7.27. The number of carboxylic acids is 3. The summed E-state index contributed by atoms with van der Waals surface area (Å²) in [6, 6.07) is 9.13. The van der Waals surface area contributed by atoms with Gasteiger partial charge >= 0.3 is 17.9 Å². The molecule has 1 aromatic carbocycles. The SMILES string of the molecule is O=C(O)/C=C\C(=O)O.O=C(O)Cc1ccccc1. The Labute approximate surface area is 103 Å². The predicted octanol–water partition coefficient (Wildman–Crippen LogP) is 1.03. The molecule has 18 heavy (non-hydrogen) atoms. The molecule has 0 unspecified atom stereocenters. The molecule has 0 aliphatic heterocycles. The van der Waals surface area contributed by atoms with E-state index in [2.05, 4.69) is 0 Å². The van der Waals surface area contributed by atoms with Gasteiger partial charge in [0, 0.05) is 12.2 Å². The van der Waals surface area contributed by atoms with Crippen molar-refractivity contribution in [2.24, 2.45) is 0 Å². The van der Waals surface area contributed by atoms with Crippen molar-refractivity contribution < 1.29 is 29.7 Å². The van der Waals surface area contributed by atoms with Crippen molar-refractivity contribution in [1.29, 1.82) is 0 Å². The van der Waals surface area contributed by atoms with E-state index in [1.54, 1.807) is 12.1 Å². The minimum absolute atomic E-state index is 0.112. The summed E-state index contributed by atoms with van der Waals surface area (Å²) in [5.41, 5.74) is 0.843. The molecule has 0 heterocycles. The molecule has 0 saturated carbocycles. The lowest BCUT2D eigenvalue weighted by atomic mass is 10.2. The summed E-state index contributed by atoms with van der Waals surface area (Å²) >= 11 is 0. The molecule has 0 radical (unpaired) electrons. The van der Waals surface area contributed by atoms with Gasteiger partial charge in [0.1, 0.15) is 0 Å². The van der Waals surface area contributed by atoms with Gasteiger partial charge in [-0.3, -0.25) is 4.79 Å². The van der Waals surface area contributed by atoms with Gasteiger partial charge in [-0.2, -0.15) is 0 Å². The lowest BCUT2D eigenvalue weighted by Gasteiger charge is -1.92. The Hall–Kier alpha value is -2.63. The van der Waals surface area contributed by atoms with Gasteiger partial charge in [0.25, 0.3) is 0 Å². The van der Waals surface area contributed by atoms with Crippen molar-refractivity contribution in [3.63, 3.8) is 0 Å². The molecule has 6 nitrogen and oxygen atoms in total. The molecule has 96 valence electrons. The summed E-state index contributed by atoms with van der Waals surface area (Å²) in [6.07, 6.45) is 1.23. The van der Waals surface area contributed by atoms with Crippen LogP contribution in [0.1, 0.15) is 5.56 Å².